The number of para-hydroxylation sites is 1. The van der Waals surface area contributed by atoms with Gasteiger partial charge in [0.05, 0.1) is 16.8 Å². The van der Waals surface area contributed by atoms with Gasteiger partial charge in [0.15, 0.2) is 0 Å². The topological polar surface area (TPSA) is 34.1 Å². The van der Waals surface area contributed by atoms with E-state index in [4.69, 9.17) is 4.74 Å². The number of rotatable bonds is 6. The van der Waals surface area contributed by atoms with E-state index in [1.165, 1.54) is 4.70 Å². The molecule has 86 valence electrons. The number of thiazole rings is 1. The molecule has 0 aliphatic rings. The molecule has 0 saturated carbocycles. The SMILES string of the molecule is CCOCCNCc1nc2ccccc2s1. The van der Waals surface area contributed by atoms with E-state index in [2.05, 4.69) is 22.4 Å². The third-order valence-corrected chi connectivity index (χ3v) is 3.28. The van der Waals surface area contributed by atoms with Crippen LogP contribution in [-0.2, 0) is 11.3 Å². The van der Waals surface area contributed by atoms with E-state index in [0.29, 0.717) is 0 Å². The van der Waals surface area contributed by atoms with E-state index >= 15 is 0 Å². The molecule has 1 N–H and O–H groups in total. The number of aromatic nitrogens is 1. The monoisotopic (exact) mass is 236 g/mol. The molecule has 0 bridgehead atoms. The molecule has 1 aromatic carbocycles. The van der Waals surface area contributed by atoms with Gasteiger partial charge in [0.25, 0.3) is 0 Å². The second-order valence-electron chi connectivity index (χ2n) is 3.45. The van der Waals surface area contributed by atoms with Crippen LogP contribution in [0.4, 0.5) is 0 Å². The van der Waals surface area contributed by atoms with Crippen molar-refractivity contribution in [2.75, 3.05) is 19.8 Å². The number of hydrogen-bond acceptors (Lipinski definition) is 4. The fraction of sp³-hybridized carbons (Fsp3) is 0.417. The summed E-state index contributed by atoms with van der Waals surface area (Å²) < 4.78 is 6.50. The van der Waals surface area contributed by atoms with E-state index in [9.17, 15) is 0 Å². The second kappa shape index (κ2) is 5.94. The van der Waals surface area contributed by atoms with Gasteiger partial charge in [-0.15, -0.1) is 11.3 Å². The van der Waals surface area contributed by atoms with Crippen LogP contribution in [0, 0.1) is 0 Å². The molecule has 0 spiro atoms. The van der Waals surface area contributed by atoms with E-state index in [1.54, 1.807) is 11.3 Å². The molecular weight excluding hydrogens is 220 g/mol. The van der Waals surface area contributed by atoms with Gasteiger partial charge in [-0.25, -0.2) is 4.98 Å². The van der Waals surface area contributed by atoms with E-state index < -0.39 is 0 Å². The third-order valence-electron chi connectivity index (χ3n) is 2.24. The quantitative estimate of drug-likeness (QED) is 0.782. The summed E-state index contributed by atoms with van der Waals surface area (Å²) in [5.41, 5.74) is 1.09. The number of benzene rings is 1. The minimum Gasteiger partial charge on any atom is -0.380 e. The molecule has 1 aromatic heterocycles. The summed E-state index contributed by atoms with van der Waals surface area (Å²) >= 11 is 1.75. The summed E-state index contributed by atoms with van der Waals surface area (Å²) in [4.78, 5) is 4.55. The highest BCUT2D eigenvalue weighted by Crippen LogP contribution is 2.20. The molecule has 1 heterocycles. The number of ether oxygens (including phenoxy) is 1. The van der Waals surface area contributed by atoms with Crippen molar-refractivity contribution < 1.29 is 4.74 Å². The Morgan fingerprint density at radius 2 is 2.25 bits per heavy atom. The Balaban J connectivity index is 1.85. The van der Waals surface area contributed by atoms with Crippen molar-refractivity contribution in [3.05, 3.63) is 29.3 Å². The number of fused-ring (bicyclic) bond motifs is 1. The van der Waals surface area contributed by atoms with Gasteiger partial charge < -0.3 is 10.1 Å². The van der Waals surface area contributed by atoms with Crippen molar-refractivity contribution >= 4 is 21.6 Å². The molecule has 0 radical (unpaired) electrons. The Morgan fingerprint density at radius 1 is 1.38 bits per heavy atom. The largest absolute Gasteiger partial charge is 0.380 e. The lowest BCUT2D eigenvalue weighted by Gasteiger charge is -2.01. The normalized spacial score (nSPS) is 11.1. The molecule has 16 heavy (non-hydrogen) atoms. The fourth-order valence-electron chi connectivity index (χ4n) is 1.48. The Bertz CT molecular complexity index is 408. The summed E-state index contributed by atoms with van der Waals surface area (Å²) in [7, 11) is 0. The Labute approximate surface area is 99.5 Å². The van der Waals surface area contributed by atoms with Crippen LogP contribution in [0.2, 0.25) is 0 Å². The smallest absolute Gasteiger partial charge is 0.108 e. The first kappa shape index (κ1) is 11.5. The molecule has 0 aliphatic carbocycles. The van der Waals surface area contributed by atoms with Crippen LogP contribution in [0.1, 0.15) is 11.9 Å². The van der Waals surface area contributed by atoms with Gasteiger partial charge in [0.1, 0.15) is 5.01 Å². The molecule has 2 rings (SSSR count). The first-order chi connectivity index (χ1) is 7.90. The molecule has 2 aromatic rings. The lowest BCUT2D eigenvalue weighted by molar-refractivity contribution is 0.149. The van der Waals surface area contributed by atoms with Crippen molar-refractivity contribution in [1.82, 2.24) is 10.3 Å². The predicted octanol–water partition coefficient (Wildman–Crippen LogP) is 2.42. The molecule has 4 heteroatoms. The van der Waals surface area contributed by atoms with Crippen LogP contribution >= 0.6 is 11.3 Å². The molecule has 3 nitrogen and oxygen atoms in total. The van der Waals surface area contributed by atoms with E-state index in [0.717, 1.165) is 36.8 Å². The van der Waals surface area contributed by atoms with Crippen molar-refractivity contribution in [3.63, 3.8) is 0 Å². The van der Waals surface area contributed by atoms with Crippen LogP contribution in [0.5, 0.6) is 0 Å². The standard InChI is InChI=1S/C12H16N2OS/c1-2-15-8-7-13-9-12-14-10-5-3-4-6-11(10)16-12/h3-6,13H,2,7-9H2,1H3. The Hall–Kier alpha value is -0.970. The van der Waals surface area contributed by atoms with Gasteiger partial charge in [-0.3, -0.25) is 0 Å². The second-order valence-corrected chi connectivity index (χ2v) is 4.56. The number of hydrogen-bond donors (Lipinski definition) is 1. The number of nitrogens with one attached hydrogen (secondary N) is 1. The Morgan fingerprint density at radius 3 is 3.06 bits per heavy atom. The predicted molar refractivity (Wildman–Crippen MR) is 67.8 cm³/mol. The lowest BCUT2D eigenvalue weighted by atomic mass is 10.3. The van der Waals surface area contributed by atoms with Crippen molar-refractivity contribution in [1.29, 1.82) is 0 Å². The summed E-state index contributed by atoms with van der Waals surface area (Å²) in [5, 5.41) is 4.46. The van der Waals surface area contributed by atoms with Gasteiger partial charge in [-0.2, -0.15) is 0 Å². The van der Waals surface area contributed by atoms with Crippen LogP contribution in [0.25, 0.3) is 10.2 Å². The minimum absolute atomic E-state index is 0.765. The maximum atomic E-state index is 5.25. The summed E-state index contributed by atoms with van der Waals surface area (Å²) in [5.74, 6) is 0. The van der Waals surface area contributed by atoms with Gasteiger partial charge in [-0.1, -0.05) is 12.1 Å². The maximum absolute atomic E-state index is 5.25. The highest BCUT2D eigenvalue weighted by molar-refractivity contribution is 7.18. The maximum Gasteiger partial charge on any atom is 0.108 e. The van der Waals surface area contributed by atoms with E-state index in [1.807, 2.05) is 19.1 Å². The first-order valence-electron chi connectivity index (χ1n) is 5.53. The molecule has 0 aliphatic heterocycles. The van der Waals surface area contributed by atoms with Crippen molar-refractivity contribution in [2.24, 2.45) is 0 Å². The average Bonchev–Trinajstić information content (AvgIpc) is 2.71. The van der Waals surface area contributed by atoms with Crippen LogP contribution < -0.4 is 5.32 Å². The average molecular weight is 236 g/mol. The zero-order valence-electron chi connectivity index (χ0n) is 9.40. The van der Waals surface area contributed by atoms with Gasteiger partial charge in [0.2, 0.25) is 0 Å². The molecule has 0 fully saturated rings. The van der Waals surface area contributed by atoms with Crippen molar-refractivity contribution in [3.8, 4) is 0 Å². The zero-order chi connectivity index (χ0) is 11.2. The number of nitrogens with zero attached hydrogens (tertiary/aromatic N) is 1. The first-order valence-corrected chi connectivity index (χ1v) is 6.34. The highest BCUT2D eigenvalue weighted by atomic mass is 32.1. The van der Waals surface area contributed by atoms with Crippen LogP contribution in [0.3, 0.4) is 0 Å². The molecule has 0 saturated heterocycles. The van der Waals surface area contributed by atoms with E-state index in [-0.39, 0.29) is 0 Å². The molecular formula is C12H16N2OS. The van der Waals surface area contributed by atoms with Crippen molar-refractivity contribution in [2.45, 2.75) is 13.5 Å². The van der Waals surface area contributed by atoms with Crippen LogP contribution in [0.15, 0.2) is 24.3 Å². The summed E-state index contributed by atoms with van der Waals surface area (Å²) in [6, 6.07) is 8.23. The third kappa shape index (κ3) is 3.01. The molecule has 0 amide bonds. The summed E-state index contributed by atoms with van der Waals surface area (Å²) in [6.45, 7) is 5.26. The lowest BCUT2D eigenvalue weighted by Crippen LogP contribution is -2.19. The minimum atomic E-state index is 0.765. The van der Waals surface area contributed by atoms with Crippen LogP contribution in [-0.4, -0.2) is 24.7 Å². The van der Waals surface area contributed by atoms with Gasteiger partial charge >= 0.3 is 0 Å². The zero-order valence-corrected chi connectivity index (χ0v) is 10.2. The Kier molecular flexibility index (Phi) is 4.27. The molecule has 0 atom stereocenters. The fourth-order valence-corrected chi connectivity index (χ4v) is 2.42. The van der Waals surface area contributed by atoms with Gasteiger partial charge in [-0.05, 0) is 19.1 Å². The molecule has 0 unspecified atom stereocenters. The summed E-state index contributed by atoms with van der Waals surface area (Å²) in [6.07, 6.45) is 0. The van der Waals surface area contributed by atoms with Gasteiger partial charge in [0, 0.05) is 19.7 Å². The highest BCUT2D eigenvalue weighted by Gasteiger charge is 2.01.